The number of aliphatic hydroxyl groups excluding tert-OH is 1. The van der Waals surface area contributed by atoms with Crippen LogP contribution >= 0.6 is 0 Å². The van der Waals surface area contributed by atoms with Crippen molar-refractivity contribution >= 4 is 5.91 Å². The number of hydrogen-bond donors (Lipinski definition) is 1. The molecule has 2 atom stereocenters. The third kappa shape index (κ3) is 3.21. The summed E-state index contributed by atoms with van der Waals surface area (Å²) in [7, 11) is 1.62. The molecule has 0 aliphatic carbocycles. The molecular formula is C19H21NO4. The number of carbonyl (C=O) groups excluding carboxylic acids is 1. The zero-order chi connectivity index (χ0) is 16.9. The van der Waals surface area contributed by atoms with Gasteiger partial charge in [-0.05, 0) is 36.2 Å². The normalized spacial score (nSPS) is 19.8. The van der Waals surface area contributed by atoms with Gasteiger partial charge in [-0.3, -0.25) is 4.79 Å². The van der Waals surface area contributed by atoms with Gasteiger partial charge in [0.1, 0.15) is 17.5 Å². The molecule has 0 aromatic heterocycles. The van der Waals surface area contributed by atoms with Gasteiger partial charge in [-0.25, -0.2) is 0 Å². The molecule has 5 nitrogen and oxygen atoms in total. The highest BCUT2D eigenvalue weighted by atomic mass is 16.5. The van der Waals surface area contributed by atoms with Crippen LogP contribution in [0.5, 0.6) is 11.5 Å². The number of carbonyl (C=O) groups is 1. The second-order valence-electron chi connectivity index (χ2n) is 5.68. The molecule has 5 heteroatoms. The van der Waals surface area contributed by atoms with Crippen LogP contribution in [-0.4, -0.2) is 42.3 Å². The topological polar surface area (TPSA) is 59.0 Å². The van der Waals surface area contributed by atoms with Crippen molar-refractivity contribution in [1.29, 1.82) is 0 Å². The molecule has 1 amide bonds. The molecule has 2 aromatic carbocycles. The van der Waals surface area contributed by atoms with Crippen LogP contribution in [0.25, 0.3) is 0 Å². The first-order valence-corrected chi connectivity index (χ1v) is 8.01. The first-order valence-electron chi connectivity index (χ1n) is 8.01. The number of para-hydroxylation sites is 1. The summed E-state index contributed by atoms with van der Waals surface area (Å²) in [6, 6.07) is 16.8. The lowest BCUT2D eigenvalue weighted by molar-refractivity contribution is -0.164. The molecule has 1 saturated heterocycles. The zero-order valence-electron chi connectivity index (χ0n) is 13.6. The predicted octanol–water partition coefficient (Wildman–Crippen LogP) is 2.41. The molecule has 1 N–H and O–H groups in total. The summed E-state index contributed by atoms with van der Waals surface area (Å²) in [5.41, 5.74) is 0.995. The Kier molecular flexibility index (Phi) is 5.01. The highest BCUT2D eigenvalue weighted by molar-refractivity contribution is 5.89. The summed E-state index contributed by atoms with van der Waals surface area (Å²) in [5.74, 6) is 1.40. The Bertz CT molecular complexity index is 672. The first-order chi connectivity index (χ1) is 11.7. The number of rotatable bonds is 7. The minimum Gasteiger partial charge on any atom is -0.497 e. The van der Waals surface area contributed by atoms with Crippen molar-refractivity contribution in [3.63, 3.8) is 0 Å². The van der Waals surface area contributed by atoms with Crippen molar-refractivity contribution < 1.29 is 19.4 Å². The third-order valence-electron chi connectivity index (χ3n) is 4.17. The lowest BCUT2D eigenvalue weighted by Gasteiger charge is -2.46. The van der Waals surface area contributed by atoms with Gasteiger partial charge < -0.3 is 19.5 Å². The molecular weight excluding hydrogens is 306 g/mol. The summed E-state index contributed by atoms with van der Waals surface area (Å²) in [6.07, 6.45) is 0.00989. The number of hydrogen-bond acceptors (Lipinski definition) is 4. The van der Waals surface area contributed by atoms with Crippen LogP contribution in [0.15, 0.2) is 54.6 Å². The quantitative estimate of drug-likeness (QED) is 0.794. The van der Waals surface area contributed by atoms with E-state index in [1.165, 1.54) is 0 Å². The van der Waals surface area contributed by atoms with Gasteiger partial charge in [0.15, 0.2) is 0 Å². The van der Waals surface area contributed by atoms with Gasteiger partial charge in [0.05, 0.1) is 7.11 Å². The van der Waals surface area contributed by atoms with Crippen LogP contribution in [0, 0.1) is 0 Å². The molecule has 2 aromatic rings. The Balaban J connectivity index is 1.81. The maximum atomic E-state index is 12.5. The molecule has 0 bridgehead atoms. The van der Waals surface area contributed by atoms with Gasteiger partial charge in [-0.15, -0.1) is 0 Å². The van der Waals surface area contributed by atoms with Crippen LogP contribution in [0.2, 0.25) is 0 Å². The molecule has 2 unspecified atom stereocenters. The van der Waals surface area contributed by atoms with Crippen molar-refractivity contribution in [1.82, 2.24) is 4.90 Å². The van der Waals surface area contributed by atoms with Gasteiger partial charge in [-0.1, -0.05) is 30.3 Å². The second-order valence-corrected chi connectivity index (χ2v) is 5.68. The predicted molar refractivity (Wildman–Crippen MR) is 90.0 cm³/mol. The van der Waals surface area contributed by atoms with E-state index in [0.29, 0.717) is 18.7 Å². The Morgan fingerprint density at radius 3 is 2.38 bits per heavy atom. The van der Waals surface area contributed by atoms with E-state index in [1.54, 1.807) is 12.0 Å². The fraction of sp³-hybridized carbons (Fsp3) is 0.316. The minimum atomic E-state index is -0.542. The van der Waals surface area contributed by atoms with Crippen molar-refractivity contribution in [2.24, 2.45) is 0 Å². The summed E-state index contributed by atoms with van der Waals surface area (Å²) < 4.78 is 11.1. The molecule has 1 fully saturated rings. The third-order valence-corrected chi connectivity index (χ3v) is 4.17. The van der Waals surface area contributed by atoms with Gasteiger partial charge in [0.2, 0.25) is 6.10 Å². The monoisotopic (exact) mass is 327 g/mol. The van der Waals surface area contributed by atoms with Crippen LogP contribution < -0.4 is 9.47 Å². The van der Waals surface area contributed by atoms with Gasteiger partial charge in [-0.2, -0.15) is 0 Å². The number of amides is 1. The van der Waals surface area contributed by atoms with E-state index >= 15 is 0 Å². The maximum absolute atomic E-state index is 12.5. The Labute approximate surface area is 141 Å². The number of nitrogens with zero attached hydrogens (tertiary/aromatic N) is 1. The van der Waals surface area contributed by atoms with E-state index < -0.39 is 6.10 Å². The smallest absolute Gasteiger partial charge is 0.266 e. The summed E-state index contributed by atoms with van der Waals surface area (Å²) in [4.78, 5) is 14.2. The lowest BCUT2D eigenvalue weighted by atomic mass is 9.90. The molecule has 0 spiro atoms. The minimum absolute atomic E-state index is 0.0480. The molecule has 1 heterocycles. The molecule has 1 aliphatic heterocycles. The zero-order valence-corrected chi connectivity index (χ0v) is 13.6. The number of methoxy groups -OCH3 is 1. The van der Waals surface area contributed by atoms with Crippen LogP contribution in [0.3, 0.4) is 0 Å². The van der Waals surface area contributed by atoms with Crippen molar-refractivity contribution in [2.45, 2.75) is 18.6 Å². The number of likely N-dealkylation sites (tertiary alicyclic amines) is 1. The Morgan fingerprint density at radius 2 is 1.75 bits per heavy atom. The fourth-order valence-electron chi connectivity index (χ4n) is 2.92. The standard InChI is InChI=1S/C19H21NO4/c1-23-15-10-8-14(9-11-15)17-18(19(22)20(17)12-5-13-21)24-16-6-3-2-4-7-16/h2-4,6-11,17-18,21H,5,12-13H2,1H3. The largest absolute Gasteiger partial charge is 0.497 e. The Morgan fingerprint density at radius 1 is 1.04 bits per heavy atom. The van der Waals surface area contributed by atoms with Crippen LogP contribution in [0.4, 0.5) is 0 Å². The van der Waals surface area contributed by atoms with E-state index in [4.69, 9.17) is 14.6 Å². The van der Waals surface area contributed by atoms with E-state index in [2.05, 4.69) is 0 Å². The molecule has 126 valence electrons. The van der Waals surface area contributed by atoms with E-state index in [9.17, 15) is 4.79 Å². The van der Waals surface area contributed by atoms with Gasteiger partial charge in [0, 0.05) is 13.2 Å². The number of benzene rings is 2. The summed E-state index contributed by atoms with van der Waals surface area (Å²) in [5, 5.41) is 9.06. The van der Waals surface area contributed by atoms with Gasteiger partial charge >= 0.3 is 0 Å². The molecule has 1 aliphatic rings. The first kappa shape index (κ1) is 16.3. The summed E-state index contributed by atoms with van der Waals surface area (Å²) >= 11 is 0. The number of aliphatic hydroxyl groups is 1. The van der Waals surface area contributed by atoms with Crippen LogP contribution in [0.1, 0.15) is 18.0 Å². The maximum Gasteiger partial charge on any atom is 0.266 e. The second kappa shape index (κ2) is 7.36. The van der Waals surface area contributed by atoms with E-state index in [1.807, 2.05) is 54.6 Å². The molecule has 0 saturated carbocycles. The van der Waals surface area contributed by atoms with Crippen molar-refractivity contribution in [2.75, 3.05) is 20.3 Å². The molecule has 24 heavy (non-hydrogen) atoms. The van der Waals surface area contributed by atoms with E-state index in [0.717, 1.165) is 11.3 Å². The van der Waals surface area contributed by atoms with E-state index in [-0.39, 0.29) is 18.6 Å². The molecule has 3 rings (SSSR count). The highest BCUT2D eigenvalue weighted by Crippen LogP contribution is 2.38. The number of ether oxygens (including phenoxy) is 2. The number of β-lactam (4-membered cyclic amide) rings is 1. The molecule has 0 radical (unpaired) electrons. The average molecular weight is 327 g/mol. The Hall–Kier alpha value is -2.53. The van der Waals surface area contributed by atoms with Crippen molar-refractivity contribution in [3.05, 3.63) is 60.2 Å². The average Bonchev–Trinajstić information content (AvgIpc) is 2.64. The van der Waals surface area contributed by atoms with Gasteiger partial charge in [0.25, 0.3) is 5.91 Å². The SMILES string of the molecule is COc1ccc(C2C(Oc3ccccc3)C(=O)N2CCCO)cc1. The highest BCUT2D eigenvalue weighted by Gasteiger charge is 2.49. The van der Waals surface area contributed by atoms with Crippen molar-refractivity contribution in [3.8, 4) is 11.5 Å². The fourth-order valence-corrected chi connectivity index (χ4v) is 2.92. The lowest BCUT2D eigenvalue weighted by Crippen LogP contribution is -2.61. The van der Waals surface area contributed by atoms with Crippen LogP contribution in [-0.2, 0) is 4.79 Å². The summed E-state index contributed by atoms with van der Waals surface area (Å²) in [6.45, 7) is 0.573.